The molecule has 0 radical (unpaired) electrons. The normalized spacial score (nSPS) is 22.2. The summed E-state index contributed by atoms with van der Waals surface area (Å²) in [4.78, 5) is 3.53. The Morgan fingerprint density at radius 3 is 2.67 bits per heavy atom. The lowest BCUT2D eigenvalue weighted by molar-refractivity contribution is 0.459. The van der Waals surface area contributed by atoms with E-state index in [1.807, 2.05) is 0 Å². The summed E-state index contributed by atoms with van der Waals surface area (Å²) in [6.07, 6.45) is 4.86. The molecule has 2 heterocycles. The summed E-state index contributed by atoms with van der Waals surface area (Å²) < 4.78 is 0. The molecule has 1 aromatic rings. The average Bonchev–Trinajstić information content (AvgIpc) is 3.03. The number of thiophene rings is 1. The molecule has 98 valence electrons. The summed E-state index contributed by atoms with van der Waals surface area (Å²) in [5, 5.41) is 7.65. The third kappa shape index (κ3) is 1.66. The van der Waals surface area contributed by atoms with Crippen molar-refractivity contribution in [2.45, 2.75) is 38.0 Å². The third-order valence-corrected chi connectivity index (χ3v) is 5.97. The lowest BCUT2D eigenvalue weighted by Gasteiger charge is -2.31. The largest absolute Gasteiger partial charge is 0.342 e. The van der Waals surface area contributed by atoms with Gasteiger partial charge in [0.05, 0.1) is 10.4 Å². The number of hydrazone groups is 1. The maximum absolute atomic E-state index is 6.52. The Kier molecular flexibility index (Phi) is 3.02. The number of hydrogen-bond acceptors (Lipinski definition) is 4. The molecule has 18 heavy (non-hydrogen) atoms. The number of likely N-dealkylation sites (N-methyl/N-ethyl adjacent to an activating group) is 1. The van der Waals surface area contributed by atoms with Gasteiger partial charge in [-0.25, -0.2) is 0 Å². The summed E-state index contributed by atoms with van der Waals surface area (Å²) in [7, 11) is 2.10. The van der Waals surface area contributed by atoms with Crippen molar-refractivity contribution < 1.29 is 0 Å². The zero-order chi connectivity index (χ0) is 12.8. The van der Waals surface area contributed by atoms with E-state index >= 15 is 0 Å². The Morgan fingerprint density at radius 2 is 2.17 bits per heavy atom. The molecule has 0 atom stereocenters. The van der Waals surface area contributed by atoms with Crippen LogP contribution in [0, 0.1) is 6.92 Å². The van der Waals surface area contributed by atoms with Crippen LogP contribution in [-0.2, 0) is 5.41 Å². The van der Waals surface area contributed by atoms with Crippen LogP contribution in [0.25, 0.3) is 0 Å². The quantitative estimate of drug-likeness (QED) is 0.902. The van der Waals surface area contributed by atoms with E-state index in [0.717, 1.165) is 24.5 Å². The van der Waals surface area contributed by atoms with Crippen LogP contribution in [-0.4, -0.2) is 24.5 Å². The summed E-state index contributed by atoms with van der Waals surface area (Å²) >= 11 is 8.31. The number of halogens is 1. The van der Waals surface area contributed by atoms with Crippen molar-refractivity contribution in [2.24, 2.45) is 5.10 Å². The molecular formula is C13H18ClN3S. The van der Waals surface area contributed by atoms with Crippen LogP contribution in [0.1, 0.15) is 36.1 Å². The van der Waals surface area contributed by atoms with Crippen molar-refractivity contribution in [1.82, 2.24) is 10.3 Å². The van der Waals surface area contributed by atoms with Crippen molar-refractivity contribution >= 4 is 28.8 Å². The van der Waals surface area contributed by atoms with Gasteiger partial charge in [0, 0.05) is 11.9 Å². The lowest BCUT2D eigenvalue weighted by Crippen LogP contribution is -2.41. The molecule has 1 aliphatic heterocycles. The predicted octanol–water partition coefficient (Wildman–Crippen LogP) is 3.33. The third-order valence-electron chi connectivity index (χ3n) is 4.07. The van der Waals surface area contributed by atoms with Gasteiger partial charge in [-0.05, 0) is 30.7 Å². The highest BCUT2D eigenvalue weighted by Gasteiger charge is 2.46. The maximum Gasteiger partial charge on any atom is 0.137 e. The Morgan fingerprint density at radius 1 is 1.44 bits per heavy atom. The standard InChI is InChI=1S/C13H18ClN3S/c1-9-7-18-11(10(9)14)13(5-3-4-6-13)12-16-15-8-17(12)2/h7,15H,3-6,8H2,1-2H3. The van der Waals surface area contributed by atoms with E-state index in [4.69, 9.17) is 11.6 Å². The first-order valence-corrected chi connectivity index (χ1v) is 7.67. The molecule has 3 rings (SSSR count). The molecule has 0 bridgehead atoms. The number of aryl methyl sites for hydroxylation is 1. The molecule has 2 aliphatic rings. The maximum atomic E-state index is 6.52. The average molecular weight is 284 g/mol. The topological polar surface area (TPSA) is 27.6 Å². The van der Waals surface area contributed by atoms with E-state index in [2.05, 4.69) is 34.8 Å². The molecule has 1 aliphatic carbocycles. The van der Waals surface area contributed by atoms with Gasteiger partial charge in [-0.1, -0.05) is 24.4 Å². The monoisotopic (exact) mass is 283 g/mol. The molecule has 0 aromatic carbocycles. The Hall–Kier alpha value is -0.740. The van der Waals surface area contributed by atoms with E-state index in [1.54, 1.807) is 11.3 Å². The van der Waals surface area contributed by atoms with Crippen LogP contribution in [0.4, 0.5) is 0 Å². The van der Waals surface area contributed by atoms with Gasteiger partial charge in [-0.2, -0.15) is 5.10 Å². The fourth-order valence-electron chi connectivity index (χ4n) is 3.13. The number of nitrogens with zero attached hydrogens (tertiary/aromatic N) is 2. The molecule has 5 heteroatoms. The van der Waals surface area contributed by atoms with Crippen LogP contribution in [0.2, 0.25) is 5.02 Å². The van der Waals surface area contributed by atoms with Gasteiger partial charge in [0.2, 0.25) is 0 Å². The van der Waals surface area contributed by atoms with Gasteiger partial charge in [-0.3, -0.25) is 5.43 Å². The zero-order valence-corrected chi connectivity index (χ0v) is 12.4. The highest BCUT2D eigenvalue weighted by Crippen LogP contribution is 2.49. The number of amidine groups is 1. The molecule has 0 amide bonds. The van der Waals surface area contributed by atoms with Crippen molar-refractivity contribution in [3.8, 4) is 0 Å². The summed E-state index contributed by atoms with van der Waals surface area (Å²) in [5.74, 6) is 1.17. The molecule has 1 aromatic heterocycles. The molecule has 0 spiro atoms. The fourth-order valence-corrected chi connectivity index (χ4v) is 4.76. The van der Waals surface area contributed by atoms with Crippen molar-refractivity contribution in [3.05, 3.63) is 20.8 Å². The lowest BCUT2D eigenvalue weighted by atomic mass is 9.82. The van der Waals surface area contributed by atoms with Gasteiger partial charge in [0.25, 0.3) is 0 Å². The molecule has 3 nitrogen and oxygen atoms in total. The Balaban J connectivity index is 2.10. The predicted molar refractivity (Wildman–Crippen MR) is 77.4 cm³/mol. The van der Waals surface area contributed by atoms with E-state index in [-0.39, 0.29) is 5.41 Å². The van der Waals surface area contributed by atoms with Crippen LogP contribution in [0.3, 0.4) is 0 Å². The first kappa shape index (κ1) is 12.3. The molecular weight excluding hydrogens is 266 g/mol. The van der Waals surface area contributed by atoms with Crippen LogP contribution in [0.5, 0.6) is 0 Å². The highest BCUT2D eigenvalue weighted by molar-refractivity contribution is 7.11. The number of nitrogens with one attached hydrogen (secondary N) is 1. The summed E-state index contributed by atoms with van der Waals surface area (Å²) in [5.41, 5.74) is 4.34. The Labute approximate surface area is 117 Å². The second-order valence-corrected chi connectivity index (χ2v) is 6.56. The zero-order valence-electron chi connectivity index (χ0n) is 10.8. The second-order valence-electron chi connectivity index (χ2n) is 5.30. The van der Waals surface area contributed by atoms with Crippen molar-refractivity contribution in [3.63, 3.8) is 0 Å². The summed E-state index contributed by atoms with van der Waals surface area (Å²) in [6.45, 7) is 2.89. The van der Waals surface area contributed by atoms with E-state index in [9.17, 15) is 0 Å². The molecule has 0 unspecified atom stereocenters. The first-order chi connectivity index (χ1) is 8.65. The smallest absolute Gasteiger partial charge is 0.137 e. The minimum absolute atomic E-state index is 0.0499. The molecule has 1 saturated carbocycles. The minimum atomic E-state index is 0.0499. The van der Waals surface area contributed by atoms with Gasteiger partial charge < -0.3 is 4.90 Å². The van der Waals surface area contributed by atoms with Gasteiger partial charge in [-0.15, -0.1) is 11.3 Å². The van der Waals surface area contributed by atoms with Gasteiger partial charge in [0.1, 0.15) is 12.5 Å². The highest BCUT2D eigenvalue weighted by atomic mass is 35.5. The summed E-state index contributed by atoms with van der Waals surface area (Å²) in [6, 6.07) is 0. The van der Waals surface area contributed by atoms with Crippen LogP contribution < -0.4 is 5.43 Å². The number of hydrogen-bond donors (Lipinski definition) is 1. The fraction of sp³-hybridized carbons (Fsp3) is 0.615. The Bertz CT molecular complexity index is 488. The van der Waals surface area contributed by atoms with Crippen LogP contribution in [0.15, 0.2) is 10.5 Å². The SMILES string of the molecule is Cc1csc(C2(C3=NNCN3C)CCCC2)c1Cl. The number of rotatable bonds is 2. The van der Waals surface area contributed by atoms with E-state index in [1.165, 1.54) is 29.1 Å². The van der Waals surface area contributed by atoms with Crippen molar-refractivity contribution in [1.29, 1.82) is 0 Å². The van der Waals surface area contributed by atoms with Gasteiger partial charge >= 0.3 is 0 Å². The van der Waals surface area contributed by atoms with E-state index < -0.39 is 0 Å². The van der Waals surface area contributed by atoms with Crippen LogP contribution >= 0.6 is 22.9 Å². The van der Waals surface area contributed by atoms with Gasteiger partial charge in [0.15, 0.2) is 0 Å². The molecule has 1 N–H and O–H groups in total. The molecule has 1 fully saturated rings. The minimum Gasteiger partial charge on any atom is -0.342 e. The second kappa shape index (κ2) is 4.42. The van der Waals surface area contributed by atoms with E-state index in [0.29, 0.717) is 0 Å². The molecule has 0 saturated heterocycles. The first-order valence-electron chi connectivity index (χ1n) is 6.41. The van der Waals surface area contributed by atoms with Crippen molar-refractivity contribution in [2.75, 3.05) is 13.7 Å².